The molecule has 0 aliphatic rings. The molecule has 1 aromatic carbocycles. The maximum atomic E-state index is 12.4. The van der Waals surface area contributed by atoms with E-state index in [1.807, 2.05) is 49.3 Å². The first-order valence-electron chi connectivity index (χ1n) is 7.73. The van der Waals surface area contributed by atoms with Crippen LogP contribution >= 0.6 is 15.9 Å². The van der Waals surface area contributed by atoms with Crippen molar-refractivity contribution in [3.05, 3.63) is 64.5 Å². The molecular formula is C18H18BrN5O. The molecule has 3 rings (SSSR count). The van der Waals surface area contributed by atoms with Gasteiger partial charge in [-0.1, -0.05) is 28.1 Å². The second-order valence-corrected chi connectivity index (χ2v) is 6.82. The predicted molar refractivity (Wildman–Crippen MR) is 101 cm³/mol. The number of benzene rings is 1. The summed E-state index contributed by atoms with van der Waals surface area (Å²) in [6.07, 6.45) is 1.69. The topological polar surface area (TPSA) is 73.9 Å². The molecule has 3 aromatic rings. The van der Waals surface area contributed by atoms with E-state index in [-0.39, 0.29) is 5.91 Å². The number of aromatic amines is 1. The minimum atomic E-state index is -0.238. The molecule has 2 N–H and O–H groups in total. The van der Waals surface area contributed by atoms with Crippen LogP contribution in [0.3, 0.4) is 0 Å². The summed E-state index contributed by atoms with van der Waals surface area (Å²) in [7, 11) is 3.95. The number of halogens is 1. The third kappa shape index (κ3) is 4.52. The molecule has 0 unspecified atom stereocenters. The Morgan fingerprint density at radius 3 is 2.68 bits per heavy atom. The second-order valence-electron chi connectivity index (χ2n) is 5.90. The predicted octanol–water partition coefficient (Wildman–Crippen LogP) is 3.55. The van der Waals surface area contributed by atoms with E-state index in [0.29, 0.717) is 17.9 Å². The molecule has 6 nitrogen and oxygen atoms in total. The second kappa shape index (κ2) is 7.58. The molecule has 0 saturated heterocycles. The van der Waals surface area contributed by atoms with Gasteiger partial charge in [0.25, 0.3) is 5.91 Å². The van der Waals surface area contributed by atoms with Gasteiger partial charge in [-0.15, -0.1) is 0 Å². The Morgan fingerprint density at radius 2 is 1.96 bits per heavy atom. The SMILES string of the molecule is CN(C)Cc1cc(NC(=O)c2cc(-c3ccc(Br)cc3)n[nH]2)ccn1. The van der Waals surface area contributed by atoms with Crippen LogP contribution in [0.1, 0.15) is 16.2 Å². The van der Waals surface area contributed by atoms with Crippen LogP contribution in [0.25, 0.3) is 11.3 Å². The van der Waals surface area contributed by atoms with Gasteiger partial charge in [-0.2, -0.15) is 5.10 Å². The molecule has 0 radical (unpaired) electrons. The zero-order chi connectivity index (χ0) is 17.8. The number of amides is 1. The fraction of sp³-hybridized carbons (Fsp3) is 0.167. The average Bonchev–Trinajstić information content (AvgIpc) is 3.05. The number of carbonyl (C=O) groups excluding carboxylic acids is 1. The highest BCUT2D eigenvalue weighted by molar-refractivity contribution is 9.10. The van der Waals surface area contributed by atoms with Crippen LogP contribution in [-0.4, -0.2) is 40.1 Å². The number of rotatable bonds is 5. The molecule has 0 saturated carbocycles. The highest BCUT2D eigenvalue weighted by Gasteiger charge is 2.12. The third-order valence-electron chi connectivity index (χ3n) is 3.52. The monoisotopic (exact) mass is 399 g/mol. The van der Waals surface area contributed by atoms with Gasteiger partial charge in [0, 0.05) is 28.5 Å². The van der Waals surface area contributed by atoms with Crippen LogP contribution in [-0.2, 0) is 6.54 Å². The molecule has 1 amide bonds. The van der Waals surface area contributed by atoms with E-state index < -0.39 is 0 Å². The number of aromatic nitrogens is 3. The van der Waals surface area contributed by atoms with Crippen LogP contribution in [0, 0.1) is 0 Å². The Morgan fingerprint density at radius 1 is 1.20 bits per heavy atom. The lowest BCUT2D eigenvalue weighted by molar-refractivity contribution is 0.102. The zero-order valence-electron chi connectivity index (χ0n) is 14.0. The zero-order valence-corrected chi connectivity index (χ0v) is 15.5. The Labute approximate surface area is 154 Å². The molecule has 0 aliphatic carbocycles. The Hall–Kier alpha value is -2.51. The van der Waals surface area contributed by atoms with Crippen molar-refractivity contribution < 1.29 is 4.79 Å². The summed E-state index contributed by atoms with van der Waals surface area (Å²) in [5, 5.41) is 9.87. The summed E-state index contributed by atoms with van der Waals surface area (Å²) in [5.74, 6) is -0.238. The van der Waals surface area contributed by atoms with Gasteiger partial charge in [0.15, 0.2) is 0 Å². The largest absolute Gasteiger partial charge is 0.321 e. The van der Waals surface area contributed by atoms with Gasteiger partial charge in [-0.3, -0.25) is 14.9 Å². The van der Waals surface area contributed by atoms with E-state index in [1.54, 1.807) is 18.3 Å². The number of carbonyl (C=O) groups is 1. The highest BCUT2D eigenvalue weighted by atomic mass is 79.9. The number of anilines is 1. The quantitative estimate of drug-likeness (QED) is 0.687. The standard InChI is InChI=1S/C18H18BrN5O/c1-24(2)11-15-9-14(7-8-20-15)21-18(25)17-10-16(22-23-17)12-3-5-13(19)6-4-12/h3-10H,11H2,1-2H3,(H,22,23)(H,20,21,25). The molecule has 0 bridgehead atoms. The number of hydrogen-bond acceptors (Lipinski definition) is 4. The molecule has 0 fully saturated rings. The van der Waals surface area contributed by atoms with Gasteiger partial charge in [0.05, 0.1) is 11.4 Å². The lowest BCUT2D eigenvalue weighted by atomic mass is 10.1. The van der Waals surface area contributed by atoms with Gasteiger partial charge >= 0.3 is 0 Å². The molecule has 25 heavy (non-hydrogen) atoms. The van der Waals surface area contributed by atoms with Crippen molar-refractivity contribution in [1.29, 1.82) is 0 Å². The van der Waals surface area contributed by atoms with Crippen molar-refractivity contribution in [2.24, 2.45) is 0 Å². The first-order valence-corrected chi connectivity index (χ1v) is 8.53. The summed E-state index contributed by atoms with van der Waals surface area (Å²) in [6, 6.07) is 13.1. The van der Waals surface area contributed by atoms with Gasteiger partial charge in [0.2, 0.25) is 0 Å². The molecule has 0 atom stereocenters. The summed E-state index contributed by atoms with van der Waals surface area (Å²) < 4.78 is 0.996. The van der Waals surface area contributed by atoms with Crippen LogP contribution in [0.4, 0.5) is 5.69 Å². The van der Waals surface area contributed by atoms with E-state index in [2.05, 4.69) is 36.4 Å². The van der Waals surface area contributed by atoms with Crippen LogP contribution in [0.15, 0.2) is 53.1 Å². The van der Waals surface area contributed by atoms with Crippen molar-refractivity contribution >= 4 is 27.5 Å². The Kier molecular flexibility index (Phi) is 5.25. The van der Waals surface area contributed by atoms with Crippen LogP contribution in [0.2, 0.25) is 0 Å². The lowest BCUT2D eigenvalue weighted by Crippen LogP contribution is -2.14. The van der Waals surface area contributed by atoms with E-state index >= 15 is 0 Å². The van der Waals surface area contributed by atoms with Crippen LogP contribution < -0.4 is 5.32 Å². The van der Waals surface area contributed by atoms with Gasteiger partial charge in [0.1, 0.15) is 5.69 Å². The fourth-order valence-electron chi connectivity index (χ4n) is 2.37. The smallest absolute Gasteiger partial charge is 0.273 e. The van der Waals surface area contributed by atoms with Crippen molar-refractivity contribution in [3.8, 4) is 11.3 Å². The van der Waals surface area contributed by atoms with Crippen molar-refractivity contribution in [2.45, 2.75) is 6.54 Å². The van der Waals surface area contributed by atoms with E-state index in [4.69, 9.17) is 0 Å². The summed E-state index contributed by atoms with van der Waals surface area (Å²) >= 11 is 3.40. The summed E-state index contributed by atoms with van der Waals surface area (Å²) in [5.41, 5.74) is 3.67. The lowest BCUT2D eigenvalue weighted by Gasteiger charge is -2.10. The number of H-pyrrole nitrogens is 1. The van der Waals surface area contributed by atoms with Gasteiger partial charge in [-0.05, 0) is 44.4 Å². The normalized spacial score (nSPS) is 10.9. The molecule has 0 spiro atoms. The molecule has 2 aromatic heterocycles. The maximum Gasteiger partial charge on any atom is 0.273 e. The average molecular weight is 400 g/mol. The number of nitrogens with zero attached hydrogens (tertiary/aromatic N) is 3. The van der Waals surface area contributed by atoms with Crippen LogP contribution in [0.5, 0.6) is 0 Å². The van der Waals surface area contributed by atoms with Gasteiger partial charge in [-0.25, -0.2) is 0 Å². The molecule has 0 aliphatic heterocycles. The summed E-state index contributed by atoms with van der Waals surface area (Å²) in [4.78, 5) is 18.7. The first kappa shape index (κ1) is 17.3. The van der Waals surface area contributed by atoms with Crippen molar-refractivity contribution in [1.82, 2.24) is 20.1 Å². The number of hydrogen-bond donors (Lipinski definition) is 2. The molecular weight excluding hydrogens is 382 g/mol. The highest BCUT2D eigenvalue weighted by Crippen LogP contribution is 2.21. The molecule has 128 valence electrons. The first-order chi connectivity index (χ1) is 12.0. The maximum absolute atomic E-state index is 12.4. The minimum absolute atomic E-state index is 0.238. The van der Waals surface area contributed by atoms with E-state index in [0.717, 1.165) is 21.4 Å². The van der Waals surface area contributed by atoms with Crippen molar-refractivity contribution in [3.63, 3.8) is 0 Å². The number of nitrogens with one attached hydrogen (secondary N) is 2. The van der Waals surface area contributed by atoms with Crippen molar-refractivity contribution in [2.75, 3.05) is 19.4 Å². The summed E-state index contributed by atoms with van der Waals surface area (Å²) in [6.45, 7) is 0.710. The van der Waals surface area contributed by atoms with Gasteiger partial charge < -0.3 is 10.2 Å². The molecule has 2 heterocycles. The van der Waals surface area contributed by atoms with E-state index in [1.165, 1.54) is 0 Å². The van der Waals surface area contributed by atoms with E-state index in [9.17, 15) is 4.79 Å². The third-order valence-corrected chi connectivity index (χ3v) is 4.04. The minimum Gasteiger partial charge on any atom is -0.321 e. The Bertz CT molecular complexity index is 873. The fourth-order valence-corrected chi connectivity index (χ4v) is 2.64. The number of pyridine rings is 1. The Balaban J connectivity index is 1.73. The molecule has 7 heteroatoms.